The van der Waals surface area contributed by atoms with Crippen molar-refractivity contribution in [1.29, 1.82) is 0 Å². The second-order valence-corrected chi connectivity index (χ2v) is 6.52. The third-order valence-corrected chi connectivity index (χ3v) is 4.50. The summed E-state index contributed by atoms with van der Waals surface area (Å²) in [5.41, 5.74) is 2.06. The highest BCUT2D eigenvalue weighted by atomic mass is 16.5. The van der Waals surface area contributed by atoms with Gasteiger partial charge in [-0.25, -0.2) is 9.97 Å². The number of nitrogens with zero attached hydrogens (tertiary/aromatic N) is 3. The van der Waals surface area contributed by atoms with Crippen LogP contribution in [0.15, 0.2) is 35.3 Å². The molecule has 6 nitrogen and oxygen atoms in total. The summed E-state index contributed by atoms with van der Waals surface area (Å²) in [7, 11) is 0. The third kappa shape index (κ3) is 3.23. The van der Waals surface area contributed by atoms with Crippen LogP contribution in [0.2, 0.25) is 0 Å². The molecule has 2 aromatic rings. The Bertz CT molecular complexity index is 653. The summed E-state index contributed by atoms with van der Waals surface area (Å²) in [6, 6.07) is 4.35. The molecule has 0 bridgehead atoms. The maximum Gasteiger partial charge on any atom is 0.316 e. The van der Waals surface area contributed by atoms with Crippen molar-refractivity contribution in [1.82, 2.24) is 14.9 Å². The van der Waals surface area contributed by atoms with Crippen molar-refractivity contribution in [2.45, 2.75) is 38.0 Å². The molecule has 0 aliphatic carbocycles. The summed E-state index contributed by atoms with van der Waals surface area (Å²) in [4.78, 5) is 10.9. The van der Waals surface area contributed by atoms with Crippen LogP contribution in [0.1, 0.15) is 24.1 Å². The Hall–Kier alpha value is -1.92. The van der Waals surface area contributed by atoms with E-state index in [1.807, 2.05) is 19.1 Å². The third-order valence-electron chi connectivity index (χ3n) is 4.50. The molecule has 2 aliphatic rings. The minimum atomic E-state index is -0.0729. The van der Waals surface area contributed by atoms with Gasteiger partial charge in [-0.2, -0.15) is 0 Å². The lowest BCUT2D eigenvalue weighted by Crippen LogP contribution is -2.65. The lowest BCUT2D eigenvalue weighted by atomic mass is 9.84. The first-order chi connectivity index (χ1) is 11.2. The Kier molecular flexibility index (Phi) is 3.79. The molecular formula is C17H21N3O3. The van der Waals surface area contributed by atoms with Gasteiger partial charge in [0, 0.05) is 49.9 Å². The molecule has 4 heterocycles. The van der Waals surface area contributed by atoms with Crippen molar-refractivity contribution < 1.29 is 13.9 Å². The van der Waals surface area contributed by atoms with Crippen LogP contribution in [0, 0.1) is 6.92 Å². The van der Waals surface area contributed by atoms with Gasteiger partial charge in [0.15, 0.2) is 0 Å². The Balaban J connectivity index is 1.33. The molecule has 122 valence electrons. The first-order valence-corrected chi connectivity index (χ1v) is 8.05. The Labute approximate surface area is 135 Å². The van der Waals surface area contributed by atoms with Gasteiger partial charge in [-0.1, -0.05) is 0 Å². The highest BCUT2D eigenvalue weighted by Crippen LogP contribution is 2.36. The van der Waals surface area contributed by atoms with Gasteiger partial charge in [0.1, 0.15) is 6.10 Å². The predicted molar refractivity (Wildman–Crippen MR) is 83.1 cm³/mol. The second-order valence-electron chi connectivity index (χ2n) is 6.52. The average molecular weight is 315 g/mol. The van der Waals surface area contributed by atoms with E-state index in [1.54, 1.807) is 18.7 Å². The highest BCUT2D eigenvalue weighted by Gasteiger charge is 2.48. The van der Waals surface area contributed by atoms with Gasteiger partial charge in [0.05, 0.1) is 24.7 Å². The fourth-order valence-corrected chi connectivity index (χ4v) is 3.46. The van der Waals surface area contributed by atoms with Crippen molar-refractivity contribution in [3.63, 3.8) is 0 Å². The Morgan fingerprint density at radius 3 is 3.09 bits per heavy atom. The van der Waals surface area contributed by atoms with Gasteiger partial charge in [-0.15, -0.1) is 0 Å². The lowest BCUT2D eigenvalue weighted by molar-refractivity contribution is -0.188. The SMILES string of the molecule is Cc1ccnc(OC2CCOC3(C2)CN(Cc2ccoc2)C3)n1. The predicted octanol–water partition coefficient (Wildman–Crippen LogP) is 2.19. The molecular weight excluding hydrogens is 294 g/mol. The topological polar surface area (TPSA) is 60.6 Å². The van der Waals surface area contributed by atoms with Crippen molar-refractivity contribution >= 4 is 0 Å². The van der Waals surface area contributed by atoms with Gasteiger partial charge in [-0.05, 0) is 19.1 Å². The molecule has 0 amide bonds. The molecule has 2 saturated heterocycles. The molecule has 2 fully saturated rings. The van der Waals surface area contributed by atoms with Crippen molar-refractivity contribution in [2.24, 2.45) is 0 Å². The first-order valence-electron chi connectivity index (χ1n) is 8.05. The standard InChI is InChI=1S/C17H21N3O3/c1-13-2-5-18-16(19-13)23-15-4-7-22-17(8-15)11-20(12-17)9-14-3-6-21-10-14/h2-3,5-6,10,15H,4,7-9,11-12H2,1H3. The molecule has 1 spiro atoms. The normalized spacial score (nSPS) is 23.6. The first kappa shape index (κ1) is 14.7. The molecule has 4 rings (SSSR count). The van der Waals surface area contributed by atoms with Gasteiger partial charge < -0.3 is 13.9 Å². The van der Waals surface area contributed by atoms with Crippen LogP contribution in [0.3, 0.4) is 0 Å². The maximum absolute atomic E-state index is 6.06. The van der Waals surface area contributed by atoms with Crippen LogP contribution in [-0.4, -0.2) is 46.3 Å². The number of ether oxygens (including phenoxy) is 2. The fraction of sp³-hybridized carbons (Fsp3) is 0.529. The summed E-state index contributed by atoms with van der Waals surface area (Å²) in [5, 5.41) is 0. The lowest BCUT2D eigenvalue weighted by Gasteiger charge is -2.52. The van der Waals surface area contributed by atoms with Crippen molar-refractivity contribution in [2.75, 3.05) is 19.7 Å². The maximum atomic E-state index is 6.06. The zero-order chi connectivity index (χ0) is 15.7. The zero-order valence-corrected chi connectivity index (χ0v) is 13.3. The highest BCUT2D eigenvalue weighted by molar-refractivity contribution is 5.10. The van der Waals surface area contributed by atoms with Gasteiger partial charge >= 0.3 is 6.01 Å². The summed E-state index contributed by atoms with van der Waals surface area (Å²) < 4.78 is 17.2. The summed E-state index contributed by atoms with van der Waals surface area (Å²) >= 11 is 0. The number of furan rings is 1. The molecule has 2 aromatic heterocycles. The van der Waals surface area contributed by atoms with Gasteiger partial charge in [-0.3, -0.25) is 4.90 Å². The minimum Gasteiger partial charge on any atom is -0.472 e. The van der Waals surface area contributed by atoms with Crippen molar-refractivity contribution in [3.05, 3.63) is 42.1 Å². The fourth-order valence-electron chi connectivity index (χ4n) is 3.46. The van der Waals surface area contributed by atoms with E-state index in [4.69, 9.17) is 13.9 Å². The van der Waals surface area contributed by atoms with Gasteiger partial charge in [0.25, 0.3) is 0 Å². The molecule has 2 aliphatic heterocycles. The van der Waals surface area contributed by atoms with Gasteiger partial charge in [0.2, 0.25) is 0 Å². The van der Waals surface area contributed by atoms with E-state index < -0.39 is 0 Å². The van der Waals surface area contributed by atoms with Crippen LogP contribution in [0.25, 0.3) is 0 Å². The number of hydrogen-bond acceptors (Lipinski definition) is 6. The molecule has 0 N–H and O–H groups in total. The van der Waals surface area contributed by atoms with Crippen LogP contribution < -0.4 is 4.74 Å². The van der Waals surface area contributed by atoms with E-state index in [0.717, 1.165) is 44.8 Å². The molecule has 0 saturated carbocycles. The molecule has 23 heavy (non-hydrogen) atoms. The Morgan fingerprint density at radius 1 is 1.39 bits per heavy atom. The molecule has 1 atom stereocenters. The van der Waals surface area contributed by atoms with Crippen LogP contribution in [0.5, 0.6) is 6.01 Å². The molecule has 1 unspecified atom stereocenters. The Morgan fingerprint density at radius 2 is 2.30 bits per heavy atom. The second kappa shape index (κ2) is 5.94. The van der Waals surface area contributed by atoms with E-state index in [-0.39, 0.29) is 11.7 Å². The molecule has 0 aromatic carbocycles. The van der Waals surface area contributed by atoms with Crippen LogP contribution in [-0.2, 0) is 11.3 Å². The summed E-state index contributed by atoms with van der Waals surface area (Å²) in [5.74, 6) is 0. The monoisotopic (exact) mass is 315 g/mol. The van der Waals surface area contributed by atoms with E-state index in [2.05, 4.69) is 14.9 Å². The quantitative estimate of drug-likeness (QED) is 0.862. The van der Waals surface area contributed by atoms with Crippen molar-refractivity contribution in [3.8, 4) is 6.01 Å². The number of rotatable bonds is 4. The van der Waals surface area contributed by atoms with E-state index in [1.165, 1.54) is 5.56 Å². The van der Waals surface area contributed by atoms with Crippen LogP contribution in [0.4, 0.5) is 0 Å². The number of aromatic nitrogens is 2. The summed E-state index contributed by atoms with van der Waals surface area (Å²) in [6.45, 7) is 5.46. The number of likely N-dealkylation sites (tertiary alicyclic amines) is 1. The largest absolute Gasteiger partial charge is 0.472 e. The number of hydrogen-bond donors (Lipinski definition) is 0. The molecule has 6 heteroatoms. The summed E-state index contributed by atoms with van der Waals surface area (Å²) in [6.07, 6.45) is 7.17. The average Bonchev–Trinajstić information content (AvgIpc) is 2.99. The zero-order valence-electron chi connectivity index (χ0n) is 13.3. The smallest absolute Gasteiger partial charge is 0.316 e. The van der Waals surface area contributed by atoms with E-state index >= 15 is 0 Å². The van der Waals surface area contributed by atoms with E-state index in [9.17, 15) is 0 Å². The van der Waals surface area contributed by atoms with E-state index in [0.29, 0.717) is 6.01 Å². The number of aryl methyl sites for hydroxylation is 1. The van der Waals surface area contributed by atoms with Crippen LogP contribution >= 0.6 is 0 Å². The minimum absolute atomic E-state index is 0.0729. The molecule has 0 radical (unpaired) electrons.